The van der Waals surface area contributed by atoms with Crippen molar-refractivity contribution in [2.75, 3.05) is 24.5 Å². The standard InChI is InChI=1S/C30H28F4N6O3/c1-5-22(42)38-11-12-39(20(14-38)27(33)34)28-17-13-19(32)25(23-18(31)7-6-8-21(23)41)36-29(17)40(30(43)37-28)26-16(4)9-10-35-24(26)15(2)3/h5-10,13,15,20,27,41H,1,11-12,14H2,2-4H3/t20-/m0/s1. The summed E-state index contributed by atoms with van der Waals surface area (Å²) in [5, 5.41) is 10.3. The number of aryl methyl sites for hydroxylation is 1. The van der Waals surface area contributed by atoms with Crippen molar-refractivity contribution < 1.29 is 27.5 Å². The van der Waals surface area contributed by atoms with E-state index in [4.69, 9.17) is 0 Å². The predicted molar refractivity (Wildman–Crippen MR) is 153 cm³/mol. The van der Waals surface area contributed by atoms with Crippen LogP contribution in [0.1, 0.15) is 31.0 Å². The molecule has 1 saturated heterocycles. The highest BCUT2D eigenvalue weighted by Crippen LogP contribution is 2.37. The lowest BCUT2D eigenvalue weighted by Crippen LogP contribution is -2.58. The number of amides is 1. The lowest BCUT2D eigenvalue weighted by atomic mass is 10.0. The maximum atomic E-state index is 15.8. The van der Waals surface area contributed by atoms with Gasteiger partial charge < -0.3 is 14.9 Å². The summed E-state index contributed by atoms with van der Waals surface area (Å²) in [4.78, 5) is 41.4. The molecule has 0 spiro atoms. The molecule has 1 N–H and O–H groups in total. The molecule has 1 amide bonds. The Kier molecular flexibility index (Phi) is 7.91. The van der Waals surface area contributed by atoms with E-state index in [9.17, 15) is 27.9 Å². The van der Waals surface area contributed by atoms with E-state index in [0.29, 0.717) is 16.9 Å². The maximum Gasteiger partial charge on any atom is 0.355 e. The Labute approximate surface area is 243 Å². The predicted octanol–water partition coefficient (Wildman–Crippen LogP) is 4.73. The molecule has 0 saturated carbocycles. The van der Waals surface area contributed by atoms with Gasteiger partial charge in [-0.3, -0.25) is 9.78 Å². The first-order valence-corrected chi connectivity index (χ1v) is 13.5. The van der Waals surface area contributed by atoms with Gasteiger partial charge in [0.25, 0.3) is 6.43 Å². The topological polar surface area (TPSA) is 104 Å². The number of fused-ring (bicyclic) bond motifs is 1. The zero-order valence-electron chi connectivity index (χ0n) is 23.6. The van der Waals surface area contributed by atoms with Gasteiger partial charge in [-0.2, -0.15) is 4.98 Å². The number of rotatable bonds is 6. The SMILES string of the molecule is C=CC(=O)N1CCN(c2nc(=O)n(-c3c(C)ccnc3C(C)C)c3nc(-c4c(O)cccc4F)c(F)cc23)[C@H](C(F)F)C1. The van der Waals surface area contributed by atoms with Crippen LogP contribution in [0.3, 0.4) is 0 Å². The number of carbonyl (C=O) groups is 1. The van der Waals surface area contributed by atoms with Crippen LogP contribution in [0.4, 0.5) is 23.4 Å². The second-order valence-electron chi connectivity index (χ2n) is 10.5. The summed E-state index contributed by atoms with van der Waals surface area (Å²) >= 11 is 0. The van der Waals surface area contributed by atoms with Crippen molar-refractivity contribution in [1.82, 2.24) is 24.4 Å². The lowest BCUT2D eigenvalue weighted by Gasteiger charge is -2.41. The number of hydrogen-bond acceptors (Lipinski definition) is 7. The molecule has 0 aliphatic carbocycles. The van der Waals surface area contributed by atoms with Gasteiger partial charge in [0.15, 0.2) is 11.5 Å². The van der Waals surface area contributed by atoms with Gasteiger partial charge in [-0.25, -0.2) is 31.9 Å². The minimum absolute atomic E-state index is 0.0106. The molecule has 1 aliphatic rings. The molecule has 0 bridgehead atoms. The summed E-state index contributed by atoms with van der Waals surface area (Å²) in [6.07, 6.45) is -0.384. The second-order valence-corrected chi connectivity index (χ2v) is 10.5. The molecule has 4 heterocycles. The summed E-state index contributed by atoms with van der Waals surface area (Å²) in [6.45, 7) is 8.30. The van der Waals surface area contributed by atoms with E-state index in [-0.39, 0.29) is 35.9 Å². The normalized spacial score (nSPS) is 15.5. The zero-order chi connectivity index (χ0) is 31.2. The quantitative estimate of drug-likeness (QED) is 0.254. The molecule has 9 nitrogen and oxygen atoms in total. The van der Waals surface area contributed by atoms with Gasteiger partial charge >= 0.3 is 5.69 Å². The van der Waals surface area contributed by atoms with Gasteiger partial charge in [0, 0.05) is 25.8 Å². The third-order valence-corrected chi connectivity index (χ3v) is 7.42. The molecule has 3 aromatic heterocycles. The number of aromatic nitrogens is 4. The molecule has 43 heavy (non-hydrogen) atoms. The molecular weight excluding hydrogens is 568 g/mol. The molecule has 5 rings (SSSR count). The van der Waals surface area contributed by atoms with Gasteiger partial charge in [0.2, 0.25) is 5.91 Å². The number of anilines is 1. The van der Waals surface area contributed by atoms with Crippen molar-refractivity contribution in [1.29, 1.82) is 0 Å². The average molecular weight is 597 g/mol. The van der Waals surface area contributed by atoms with Crippen molar-refractivity contribution in [2.45, 2.75) is 39.2 Å². The number of pyridine rings is 2. The van der Waals surface area contributed by atoms with Crippen molar-refractivity contribution in [3.05, 3.63) is 82.6 Å². The molecule has 13 heteroatoms. The van der Waals surface area contributed by atoms with E-state index in [1.807, 2.05) is 13.8 Å². The molecular formula is C30H28F4N6O3. The first kappa shape index (κ1) is 29.7. The number of nitrogens with zero attached hydrogens (tertiary/aromatic N) is 6. The summed E-state index contributed by atoms with van der Waals surface area (Å²) in [5.74, 6) is -3.62. The van der Waals surface area contributed by atoms with Crippen molar-refractivity contribution >= 4 is 22.8 Å². The fraction of sp³-hybridized carbons (Fsp3) is 0.300. The Bertz CT molecular complexity index is 1790. The molecule has 1 aliphatic heterocycles. The highest BCUT2D eigenvalue weighted by atomic mass is 19.3. The Balaban J connectivity index is 1.86. The highest BCUT2D eigenvalue weighted by Gasteiger charge is 2.37. The highest BCUT2D eigenvalue weighted by molar-refractivity contribution is 5.91. The smallest absolute Gasteiger partial charge is 0.355 e. The summed E-state index contributed by atoms with van der Waals surface area (Å²) in [6, 6.07) is 4.42. The number of phenols is 1. The Morgan fingerprint density at radius 2 is 1.88 bits per heavy atom. The monoisotopic (exact) mass is 596 g/mol. The van der Waals surface area contributed by atoms with Crippen LogP contribution in [-0.4, -0.2) is 67.5 Å². The number of benzene rings is 1. The molecule has 0 unspecified atom stereocenters. The van der Waals surface area contributed by atoms with E-state index < -0.39 is 59.3 Å². The van der Waals surface area contributed by atoms with E-state index in [1.165, 1.54) is 11.0 Å². The lowest BCUT2D eigenvalue weighted by molar-refractivity contribution is -0.127. The van der Waals surface area contributed by atoms with Crippen molar-refractivity contribution in [3.63, 3.8) is 0 Å². The van der Waals surface area contributed by atoms with Crippen LogP contribution in [0.2, 0.25) is 0 Å². The molecule has 1 fully saturated rings. The number of piperazine rings is 1. The average Bonchev–Trinajstić information content (AvgIpc) is 2.96. The molecule has 0 radical (unpaired) electrons. The van der Waals surface area contributed by atoms with Crippen LogP contribution in [-0.2, 0) is 4.79 Å². The van der Waals surface area contributed by atoms with Crippen LogP contribution < -0.4 is 10.6 Å². The first-order chi connectivity index (χ1) is 20.4. The summed E-state index contributed by atoms with van der Waals surface area (Å²) < 4.78 is 60.6. The van der Waals surface area contributed by atoms with Crippen molar-refractivity contribution in [2.24, 2.45) is 0 Å². The first-order valence-electron chi connectivity index (χ1n) is 13.5. The van der Waals surface area contributed by atoms with Gasteiger partial charge in [-0.15, -0.1) is 0 Å². The third kappa shape index (κ3) is 5.19. The van der Waals surface area contributed by atoms with Gasteiger partial charge in [-0.05, 0) is 48.7 Å². The van der Waals surface area contributed by atoms with Crippen molar-refractivity contribution in [3.8, 4) is 22.7 Å². The molecule has 4 aromatic rings. The fourth-order valence-electron chi connectivity index (χ4n) is 5.35. The zero-order valence-corrected chi connectivity index (χ0v) is 23.6. The number of halogens is 4. The van der Waals surface area contributed by atoms with Crippen LogP contribution in [0.15, 0.2) is 54.0 Å². The van der Waals surface area contributed by atoms with Crippen LogP contribution in [0.5, 0.6) is 5.75 Å². The molecule has 224 valence electrons. The van der Waals surface area contributed by atoms with Gasteiger partial charge in [0.1, 0.15) is 29.1 Å². The summed E-state index contributed by atoms with van der Waals surface area (Å²) in [7, 11) is 0. The fourth-order valence-corrected chi connectivity index (χ4v) is 5.35. The Hall–Kier alpha value is -4.81. The Morgan fingerprint density at radius 1 is 1.14 bits per heavy atom. The van der Waals surface area contributed by atoms with E-state index >= 15 is 4.39 Å². The Morgan fingerprint density at radius 3 is 2.53 bits per heavy atom. The van der Waals surface area contributed by atoms with Crippen LogP contribution in [0, 0.1) is 18.6 Å². The number of hydrogen-bond donors (Lipinski definition) is 1. The van der Waals surface area contributed by atoms with E-state index in [0.717, 1.165) is 33.7 Å². The number of phenolic OH excluding ortho intramolecular Hbond substituents is 1. The molecule has 1 aromatic carbocycles. The van der Waals surface area contributed by atoms with Gasteiger partial charge in [-0.1, -0.05) is 26.5 Å². The van der Waals surface area contributed by atoms with E-state index in [2.05, 4.69) is 21.5 Å². The minimum atomic E-state index is -2.97. The minimum Gasteiger partial charge on any atom is -0.507 e. The van der Waals surface area contributed by atoms with E-state index in [1.54, 1.807) is 19.2 Å². The molecule has 1 atom stereocenters. The van der Waals surface area contributed by atoms with Gasteiger partial charge in [0.05, 0.1) is 22.3 Å². The van der Waals surface area contributed by atoms with Crippen LogP contribution >= 0.6 is 0 Å². The number of carbonyl (C=O) groups excluding carboxylic acids is 1. The maximum absolute atomic E-state index is 15.8. The number of alkyl halides is 2. The van der Waals surface area contributed by atoms with Crippen LogP contribution in [0.25, 0.3) is 28.0 Å². The third-order valence-electron chi connectivity index (χ3n) is 7.42. The summed E-state index contributed by atoms with van der Waals surface area (Å²) in [5.41, 5.74) is -0.852. The largest absolute Gasteiger partial charge is 0.507 e. The number of aromatic hydroxyl groups is 1. The second kappa shape index (κ2) is 11.5.